The van der Waals surface area contributed by atoms with Crippen LogP contribution in [0.4, 0.5) is 4.39 Å². The summed E-state index contributed by atoms with van der Waals surface area (Å²) in [7, 11) is -3.79. The van der Waals surface area contributed by atoms with Crippen molar-refractivity contribution in [3.63, 3.8) is 0 Å². The molecule has 0 radical (unpaired) electrons. The zero-order valence-corrected chi connectivity index (χ0v) is 15.1. The predicted octanol–water partition coefficient (Wildman–Crippen LogP) is 4.00. The quantitative estimate of drug-likeness (QED) is 0.825. The molecule has 0 aromatic heterocycles. The predicted molar refractivity (Wildman–Crippen MR) is 96.2 cm³/mol. The highest BCUT2D eigenvalue weighted by atomic mass is 32.2. The summed E-state index contributed by atoms with van der Waals surface area (Å²) < 4.78 is 40.8. The lowest BCUT2D eigenvalue weighted by Crippen LogP contribution is -2.33. The summed E-state index contributed by atoms with van der Waals surface area (Å²) in [5, 5.41) is 0.270. The molecule has 1 aliphatic rings. The van der Waals surface area contributed by atoms with Crippen LogP contribution in [-0.2, 0) is 10.0 Å². The molecule has 0 aliphatic carbocycles. The second kappa shape index (κ2) is 7.25. The zero-order chi connectivity index (χ0) is 17.2. The average Bonchev–Trinajstić information content (AvgIpc) is 2.82. The summed E-state index contributed by atoms with van der Waals surface area (Å²) >= 11 is 1.77. The van der Waals surface area contributed by atoms with E-state index in [2.05, 4.69) is 19.1 Å². The van der Waals surface area contributed by atoms with Crippen LogP contribution < -0.4 is 0 Å². The fourth-order valence-corrected chi connectivity index (χ4v) is 5.94. The molecule has 1 heterocycles. The molecule has 1 saturated heterocycles. The van der Waals surface area contributed by atoms with Crippen molar-refractivity contribution in [2.24, 2.45) is 0 Å². The highest BCUT2D eigenvalue weighted by Gasteiger charge is 2.30. The minimum Gasteiger partial charge on any atom is -0.207 e. The second-order valence-electron chi connectivity index (χ2n) is 5.84. The highest BCUT2D eigenvalue weighted by molar-refractivity contribution is 7.99. The Kier molecular flexibility index (Phi) is 5.27. The number of halogens is 1. The third-order valence-corrected chi connectivity index (χ3v) is 7.53. The Hall–Kier alpha value is -1.37. The molecule has 0 amide bonds. The molecule has 24 heavy (non-hydrogen) atoms. The van der Waals surface area contributed by atoms with E-state index in [9.17, 15) is 12.8 Å². The van der Waals surface area contributed by atoms with Crippen LogP contribution in [-0.4, -0.2) is 31.6 Å². The number of thioether (sulfide) groups is 1. The van der Waals surface area contributed by atoms with E-state index in [1.807, 2.05) is 12.1 Å². The Balaban J connectivity index is 1.81. The topological polar surface area (TPSA) is 37.4 Å². The normalized spacial score (nSPS) is 19.8. The lowest BCUT2D eigenvalue weighted by Gasteiger charge is -2.20. The van der Waals surface area contributed by atoms with Crippen molar-refractivity contribution in [3.05, 3.63) is 65.5 Å². The van der Waals surface area contributed by atoms with E-state index in [0.29, 0.717) is 18.8 Å². The maximum atomic E-state index is 13.9. The van der Waals surface area contributed by atoms with Crippen LogP contribution in [0.25, 0.3) is 0 Å². The number of nitrogens with zero attached hydrogens (tertiary/aromatic N) is 1. The number of hydrogen-bond acceptors (Lipinski definition) is 3. The van der Waals surface area contributed by atoms with Crippen molar-refractivity contribution in [3.8, 4) is 0 Å². The monoisotopic (exact) mass is 365 g/mol. The molecule has 1 aliphatic heterocycles. The van der Waals surface area contributed by atoms with E-state index in [1.165, 1.54) is 33.6 Å². The van der Waals surface area contributed by atoms with Gasteiger partial charge in [0.15, 0.2) is 0 Å². The van der Waals surface area contributed by atoms with Gasteiger partial charge >= 0.3 is 0 Å². The van der Waals surface area contributed by atoms with Gasteiger partial charge in [-0.15, -0.1) is 0 Å². The molecule has 1 fully saturated rings. The molecule has 0 spiro atoms. The molecule has 3 nitrogen and oxygen atoms in total. The minimum absolute atomic E-state index is 0.232. The number of aryl methyl sites for hydroxylation is 1. The standard InChI is InChI=1S/C18H20FNO2S2/c1-14-6-2-3-7-15(14)17-10-11-20(12-13-23-17)24(21,22)18-9-5-4-8-16(18)19/h2-9,17H,10-13H2,1H3. The molecule has 2 aromatic carbocycles. The van der Waals surface area contributed by atoms with Crippen LogP contribution in [0.2, 0.25) is 0 Å². The van der Waals surface area contributed by atoms with Crippen molar-refractivity contribution in [1.29, 1.82) is 0 Å². The first-order valence-corrected chi connectivity index (χ1v) is 10.4. The van der Waals surface area contributed by atoms with Gasteiger partial charge in [0.1, 0.15) is 10.7 Å². The number of sulfonamides is 1. The van der Waals surface area contributed by atoms with E-state index in [1.54, 1.807) is 17.8 Å². The van der Waals surface area contributed by atoms with Crippen LogP contribution >= 0.6 is 11.8 Å². The molecule has 128 valence electrons. The Morgan fingerprint density at radius 1 is 1.08 bits per heavy atom. The third-order valence-electron chi connectivity index (χ3n) is 4.29. The van der Waals surface area contributed by atoms with Crippen LogP contribution in [0.1, 0.15) is 22.8 Å². The van der Waals surface area contributed by atoms with Gasteiger partial charge in [-0.1, -0.05) is 36.4 Å². The summed E-state index contributed by atoms with van der Waals surface area (Å²) in [5.41, 5.74) is 2.48. The summed E-state index contributed by atoms with van der Waals surface area (Å²) in [4.78, 5) is -0.232. The van der Waals surface area contributed by atoms with Gasteiger partial charge in [-0.2, -0.15) is 16.1 Å². The van der Waals surface area contributed by atoms with Gasteiger partial charge in [0.05, 0.1) is 0 Å². The van der Waals surface area contributed by atoms with Crippen LogP contribution in [0.15, 0.2) is 53.4 Å². The molecule has 3 rings (SSSR count). The fourth-order valence-electron chi connectivity index (χ4n) is 2.98. The third kappa shape index (κ3) is 3.50. The van der Waals surface area contributed by atoms with Gasteiger partial charge in [-0.05, 0) is 36.6 Å². The highest BCUT2D eigenvalue weighted by Crippen LogP contribution is 2.37. The first kappa shape index (κ1) is 17.5. The van der Waals surface area contributed by atoms with Crippen molar-refractivity contribution in [1.82, 2.24) is 4.31 Å². The largest absolute Gasteiger partial charge is 0.246 e. The number of hydrogen-bond donors (Lipinski definition) is 0. The van der Waals surface area contributed by atoms with Gasteiger partial charge in [-0.3, -0.25) is 0 Å². The smallest absolute Gasteiger partial charge is 0.207 e. The zero-order valence-electron chi connectivity index (χ0n) is 13.5. The van der Waals surface area contributed by atoms with Crippen LogP contribution in [0, 0.1) is 12.7 Å². The summed E-state index contributed by atoms with van der Waals surface area (Å²) in [6.45, 7) is 2.89. The molecular formula is C18H20FNO2S2. The van der Waals surface area contributed by atoms with Gasteiger partial charge in [-0.25, -0.2) is 12.8 Å². The Morgan fingerprint density at radius 2 is 1.79 bits per heavy atom. The van der Waals surface area contributed by atoms with Crippen LogP contribution in [0.5, 0.6) is 0 Å². The van der Waals surface area contributed by atoms with Gasteiger partial charge in [0, 0.05) is 24.1 Å². The lowest BCUT2D eigenvalue weighted by atomic mass is 10.0. The first-order chi connectivity index (χ1) is 11.5. The van der Waals surface area contributed by atoms with Gasteiger partial charge < -0.3 is 0 Å². The maximum Gasteiger partial charge on any atom is 0.246 e. The van der Waals surface area contributed by atoms with E-state index in [4.69, 9.17) is 0 Å². The van der Waals surface area contributed by atoms with Crippen molar-refractivity contribution < 1.29 is 12.8 Å². The minimum atomic E-state index is -3.79. The van der Waals surface area contributed by atoms with E-state index in [0.717, 1.165) is 6.42 Å². The summed E-state index contributed by atoms with van der Waals surface area (Å²) in [6, 6.07) is 13.8. The van der Waals surface area contributed by atoms with E-state index >= 15 is 0 Å². The average molecular weight is 365 g/mol. The van der Waals surface area contributed by atoms with Gasteiger partial charge in [0.2, 0.25) is 10.0 Å². The SMILES string of the molecule is Cc1ccccc1C1CCN(S(=O)(=O)c2ccccc2F)CCS1. The van der Waals surface area contributed by atoms with E-state index < -0.39 is 15.8 Å². The molecule has 6 heteroatoms. The number of rotatable bonds is 3. The Bertz CT molecular complexity index is 823. The van der Waals surface area contributed by atoms with Gasteiger partial charge in [0.25, 0.3) is 0 Å². The molecule has 1 atom stereocenters. The second-order valence-corrected chi connectivity index (χ2v) is 9.06. The maximum absolute atomic E-state index is 13.9. The lowest BCUT2D eigenvalue weighted by molar-refractivity contribution is 0.424. The van der Waals surface area contributed by atoms with Crippen molar-refractivity contribution in [2.45, 2.75) is 23.5 Å². The van der Waals surface area contributed by atoms with Crippen molar-refractivity contribution >= 4 is 21.8 Å². The Labute approximate surface area is 146 Å². The van der Waals surface area contributed by atoms with Crippen molar-refractivity contribution in [2.75, 3.05) is 18.8 Å². The molecule has 2 aromatic rings. The summed E-state index contributed by atoms with van der Waals surface area (Å²) in [6.07, 6.45) is 0.725. The molecule has 1 unspecified atom stereocenters. The number of benzene rings is 2. The summed E-state index contributed by atoms with van der Waals surface area (Å²) in [5.74, 6) is 0.0111. The molecule has 0 saturated carbocycles. The van der Waals surface area contributed by atoms with Crippen LogP contribution in [0.3, 0.4) is 0 Å². The molecular weight excluding hydrogens is 345 g/mol. The fraction of sp³-hybridized carbons (Fsp3) is 0.333. The molecule has 0 bridgehead atoms. The first-order valence-electron chi connectivity index (χ1n) is 7.92. The van der Waals surface area contributed by atoms with E-state index in [-0.39, 0.29) is 10.1 Å². The Morgan fingerprint density at radius 3 is 2.54 bits per heavy atom. The molecule has 0 N–H and O–H groups in total.